The molecule has 0 spiro atoms. The number of aldehydes is 1. The summed E-state index contributed by atoms with van der Waals surface area (Å²) in [6, 6.07) is 7.74. The van der Waals surface area contributed by atoms with Gasteiger partial charge in [-0.25, -0.2) is 0 Å². The topological polar surface area (TPSA) is 66.9 Å². The zero-order valence-corrected chi connectivity index (χ0v) is 12.9. The fourth-order valence-electron chi connectivity index (χ4n) is 1.46. The molecule has 0 radical (unpaired) electrons. The Labute approximate surface area is 128 Å². The zero-order valence-electron chi connectivity index (χ0n) is 9.95. The maximum absolute atomic E-state index is 10.9. The highest BCUT2D eigenvalue weighted by Crippen LogP contribution is 2.23. The van der Waals surface area contributed by atoms with Crippen LogP contribution in [0.15, 0.2) is 24.3 Å². The van der Waals surface area contributed by atoms with Crippen LogP contribution in [0.3, 0.4) is 0 Å². The minimum absolute atomic E-state index is 0.113. The number of rotatable bonds is 4. The number of nitrogens with zero attached hydrogens (tertiary/aromatic N) is 2. The van der Waals surface area contributed by atoms with Crippen molar-refractivity contribution in [3.05, 3.63) is 38.6 Å². The standard InChI is InChI=1S/C12H10ClIN4O/c1-15-11-9(6-19)10(13)17-12(18-11)16-8-4-2-7(14)3-5-8/h2-6H,1H3,(H2,15,16,17,18). The molecule has 1 aromatic heterocycles. The highest BCUT2D eigenvalue weighted by atomic mass is 127. The van der Waals surface area contributed by atoms with Crippen LogP contribution < -0.4 is 10.6 Å². The van der Waals surface area contributed by atoms with Crippen molar-refractivity contribution in [3.8, 4) is 0 Å². The smallest absolute Gasteiger partial charge is 0.230 e. The Bertz CT molecular complexity index is 603. The van der Waals surface area contributed by atoms with Crippen LogP contribution in [0.2, 0.25) is 5.15 Å². The summed E-state index contributed by atoms with van der Waals surface area (Å²) in [4.78, 5) is 19.1. The minimum atomic E-state index is 0.113. The number of carbonyl (C=O) groups is 1. The third-order valence-electron chi connectivity index (χ3n) is 2.35. The number of nitrogens with one attached hydrogen (secondary N) is 2. The molecule has 98 valence electrons. The predicted octanol–water partition coefficient (Wildman–Crippen LogP) is 3.33. The van der Waals surface area contributed by atoms with Gasteiger partial charge in [0.1, 0.15) is 11.0 Å². The number of hydrogen-bond donors (Lipinski definition) is 2. The van der Waals surface area contributed by atoms with Gasteiger partial charge in [0.15, 0.2) is 6.29 Å². The van der Waals surface area contributed by atoms with E-state index in [0.717, 1.165) is 9.26 Å². The van der Waals surface area contributed by atoms with Crippen molar-refractivity contribution in [2.45, 2.75) is 0 Å². The van der Waals surface area contributed by atoms with E-state index in [9.17, 15) is 4.79 Å². The van der Waals surface area contributed by atoms with Crippen LogP contribution in [0.5, 0.6) is 0 Å². The van der Waals surface area contributed by atoms with Crippen LogP contribution >= 0.6 is 34.2 Å². The van der Waals surface area contributed by atoms with Crippen molar-refractivity contribution in [1.82, 2.24) is 9.97 Å². The summed E-state index contributed by atoms with van der Waals surface area (Å²) in [5, 5.41) is 5.96. The van der Waals surface area contributed by atoms with Gasteiger partial charge in [0.2, 0.25) is 5.95 Å². The molecule has 0 bridgehead atoms. The molecule has 0 aliphatic carbocycles. The summed E-state index contributed by atoms with van der Waals surface area (Å²) in [5.74, 6) is 0.726. The largest absolute Gasteiger partial charge is 0.372 e. The number of carbonyl (C=O) groups excluding carboxylic acids is 1. The first kappa shape index (κ1) is 14.0. The molecule has 0 unspecified atom stereocenters. The average Bonchev–Trinajstić information content (AvgIpc) is 2.40. The lowest BCUT2D eigenvalue weighted by atomic mass is 10.3. The highest BCUT2D eigenvalue weighted by molar-refractivity contribution is 14.1. The summed E-state index contributed by atoms with van der Waals surface area (Å²) in [5.41, 5.74) is 1.09. The van der Waals surface area contributed by atoms with Gasteiger partial charge in [0.05, 0.1) is 5.56 Å². The molecule has 2 rings (SSSR count). The molecular formula is C12H10ClIN4O. The van der Waals surface area contributed by atoms with Crippen LogP contribution in [0.25, 0.3) is 0 Å². The summed E-state index contributed by atoms with van der Waals surface area (Å²) in [6.45, 7) is 0. The van der Waals surface area contributed by atoms with Gasteiger partial charge in [0.25, 0.3) is 0 Å². The second kappa shape index (κ2) is 6.16. The third-order valence-corrected chi connectivity index (χ3v) is 3.36. The highest BCUT2D eigenvalue weighted by Gasteiger charge is 2.11. The molecule has 19 heavy (non-hydrogen) atoms. The summed E-state index contributed by atoms with van der Waals surface area (Å²) in [6.07, 6.45) is 0.628. The van der Waals surface area contributed by atoms with Gasteiger partial charge in [-0.05, 0) is 46.9 Å². The molecule has 0 atom stereocenters. The Kier molecular flexibility index (Phi) is 4.54. The molecule has 1 heterocycles. The third kappa shape index (κ3) is 3.32. The van der Waals surface area contributed by atoms with E-state index in [1.54, 1.807) is 7.05 Å². The van der Waals surface area contributed by atoms with Crippen molar-refractivity contribution in [2.75, 3.05) is 17.7 Å². The molecule has 0 aliphatic rings. The van der Waals surface area contributed by atoms with E-state index in [-0.39, 0.29) is 10.7 Å². The fourth-order valence-corrected chi connectivity index (χ4v) is 2.03. The first-order chi connectivity index (χ1) is 9.13. The van der Waals surface area contributed by atoms with Crippen molar-refractivity contribution >= 4 is 57.9 Å². The number of aromatic nitrogens is 2. The summed E-state index contributed by atoms with van der Waals surface area (Å²) in [7, 11) is 1.67. The first-order valence-corrected chi connectivity index (χ1v) is 6.82. The van der Waals surface area contributed by atoms with Crippen molar-refractivity contribution in [2.24, 2.45) is 0 Å². The van der Waals surface area contributed by atoms with Gasteiger partial charge < -0.3 is 10.6 Å². The van der Waals surface area contributed by atoms with Crippen LogP contribution in [-0.4, -0.2) is 23.3 Å². The molecule has 0 fully saturated rings. The van der Waals surface area contributed by atoms with Crippen molar-refractivity contribution in [1.29, 1.82) is 0 Å². The average molecular weight is 389 g/mol. The number of halogens is 2. The molecule has 7 heteroatoms. The molecule has 0 saturated heterocycles. The predicted molar refractivity (Wildman–Crippen MR) is 84.4 cm³/mol. The Morgan fingerprint density at radius 2 is 1.95 bits per heavy atom. The quantitative estimate of drug-likeness (QED) is 0.478. The molecule has 2 N–H and O–H groups in total. The molecule has 5 nitrogen and oxygen atoms in total. The molecule has 2 aromatic rings. The van der Waals surface area contributed by atoms with Gasteiger partial charge >= 0.3 is 0 Å². The van der Waals surface area contributed by atoms with Crippen molar-refractivity contribution < 1.29 is 4.79 Å². The maximum Gasteiger partial charge on any atom is 0.230 e. The van der Waals surface area contributed by atoms with Gasteiger partial charge in [-0.1, -0.05) is 11.6 Å². The lowest BCUT2D eigenvalue weighted by Gasteiger charge is -2.09. The fraction of sp³-hybridized carbons (Fsp3) is 0.0833. The Hall–Kier alpha value is -1.41. The van der Waals surface area contributed by atoms with Gasteiger partial charge in [0, 0.05) is 16.3 Å². The number of hydrogen-bond acceptors (Lipinski definition) is 5. The lowest BCUT2D eigenvalue weighted by Crippen LogP contribution is -2.05. The van der Waals surface area contributed by atoms with Crippen LogP contribution in [0, 0.1) is 3.57 Å². The number of anilines is 3. The molecule has 0 amide bonds. The van der Waals surface area contributed by atoms with E-state index in [0.29, 0.717) is 18.1 Å². The van der Waals surface area contributed by atoms with Crippen LogP contribution in [0.1, 0.15) is 10.4 Å². The molecule has 0 aliphatic heterocycles. The molecule has 0 saturated carbocycles. The van der Waals surface area contributed by atoms with E-state index >= 15 is 0 Å². The van der Waals surface area contributed by atoms with E-state index in [1.165, 1.54) is 0 Å². The second-order valence-corrected chi connectivity index (χ2v) is 5.20. The molecule has 1 aromatic carbocycles. The maximum atomic E-state index is 10.9. The number of benzene rings is 1. The van der Waals surface area contributed by atoms with Crippen LogP contribution in [-0.2, 0) is 0 Å². The van der Waals surface area contributed by atoms with E-state index < -0.39 is 0 Å². The van der Waals surface area contributed by atoms with E-state index in [1.807, 2.05) is 24.3 Å². The normalized spacial score (nSPS) is 10.1. The first-order valence-electron chi connectivity index (χ1n) is 5.37. The van der Waals surface area contributed by atoms with E-state index in [4.69, 9.17) is 11.6 Å². The minimum Gasteiger partial charge on any atom is -0.372 e. The summed E-state index contributed by atoms with van der Waals surface area (Å²) < 4.78 is 1.13. The molecular weight excluding hydrogens is 379 g/mol. The SMILES string of the molecule is CNc1nc(Nc2ccc(I)cc2)nc(Cl)c1C=O. The monoisotopic (exact) mass is 388 g/mol. The Balaban J connectivity index is 2.33. The summed E-state index contributed by atoms with van der Waals surface area (Å²) >= 11 is 8.17. The lowest BCUT2D eigenvalue weighted by molar-refractivity contribution is 0.112. The second-order valence-electron chi connectivity index (χ2n) is 3.60. The Morgan fingerprint density at radius 3 is 2.53 bits per heavy atom. The van der Waals surface area contributed by atoms with E-state index in [2.05, 4.69) is 43.2 Å². The van der Waals surface area contributed by atoms with Crippen molar-refractivity contribution in [3.63, 3.8) is 0 Å². The van der Waals surface area contributed by atoms with Crippen LogP contribution in [0.4, 0.5) is 17.5 Å². The Morgan fingerprint density at radius 1 is 1.26 bits per heavy atom. The zero-order chi connectivity index (χ0) is 13.8. The van der Waals surface area contributed by atoms with Gasteiger partial charge in [-0.15, -0.1) is 0 Å². The van der Waals surface area contributed by atoms with Gasteiger partial charge in [-0.2, -0.15) is 9.97 Å². The van der Waals surface area contributed by atoms with Gasteiger partial charge in [-0.3, -0.25) is 4.79 Å².